The third-order valence-corrected chi connectivity index (χ3v) is 15.7. The maximum absolute atomic E-state index is 13.4. The van der Waals surface area contributed by atoms with Crippen molar-refractivity contribution in [2.45, 2.75) is 108 Å². The van der Waals surface area contributed by atoms with Crippen LogP contribution in [0.5, 0.6) is 0 Å². The Morgan fingerprint density at radius 1 is 0.717 bits per heavy atom. The summed E-state index contributed by atoms with van der Waals surface area (Å²) in [6.45, 7) is 0.698. The van der Waals surface area contributed by atoms with Gasteiger partial charge in [-0.15, -0.1) is 0 Å². The fourth-order valence-corrected chi connectivity index (χ4v) is 13.9. The van der Waals surface area contributed by atoms with Gasteiger partial charge < -0.3 is 10.6 Å². The maximum atomic E-state index is 13.4. The fourth-order valence-electron chi connectivity index (χ4n) is 11.1. The van der Waals surface area contributed by atoms with Crippen LogP contribution >= 0.6 is 48.0 Å². The van der Waals surface area contributed by atoms with E-state index in [-0.39, 0.29) is 29.2 Å². The molecule has 8 nitrogen and oxygen atoms in total. The number of fused-ring (bicyclic) bond motifs is 4. The van der Waals surface area contributed by atoms with E-state index in [0.29, 0.717) is 69.2 Å². The quantitative estimate of drug-likeness (QED) is 0.228. The van der Waals surface area contributed by atoms with Crippen LogP contribution in [0, 0.1) is 41.4 Å². The van der Waals surface area contributed by atoms with Crippen molar-refractivity contribution in [2.75, 3.05) is 13.1 Å². The summed E-state index contributed by atoms with van der Waals surface area (Å²) in [6, 6.07) is 0.304. The molecule has 8 fully saturated rings. The Kier molecular flexibility index (Phi) is 8.58. The zero-order chi connectivity index (χ0) is 31.7. The molecule has 9 atom stereocenters. The molecule has 2 heterocycles. The summed E-state index contributed by atoms with van der Waals surface area (Å²) in [5.41, 5.74) is -0.0130. The topological polar surface area (TPSA) is 98.8 Å². The molecule has 9 unspecified atom stereocenters. The number of carbonyl (C=O) groups is 4. The van der Waals surface area contributed by atoms with Crippen LogP contribution in [-0.4, -0.2) is 66.7 Å². The van der Waals surface area contributed by atoms with Crippen LogP contribution in [0.2, 0.25) is 0 Å². The maximum Gasteiger partial charge on any atom is 0.267 e. The van der Waals surface area contributed by atoms with Gasteiger partial charge in [0.2, 0.25) is 11.8 Å². The van der Waals surface area contributed by atoms with E-state index in [1.54, 1.807) is 0 Å². The number of carbonyl (C=O) groups excluding carboxylic acids is 4. The number of nitrogens with one attached hydrogen (secondary N) is 2. The summed E-state index contributed by atoms with van der Waals surface area (Å²) >= 11 is 13.4. The van der Waals surface area contributed by atoms with E-state index in [1.807, 2.05) is 0 Å². The second kappa shape index (κ2) is 12.4. The highest BCUT2D eigenvalue weighted by molar-refractivity contribution is 8.29. The average molecular weight is 701 g/mol. The van der Waals surface area contributed by atoms with Crippen molar-refractivity contribution in [2.24, 2.45) is 41.4 Å². The Morgan fingerprint density at radius 3 is 2.02 bits per heavy atom. The van der Waals surface area contributed by atoms with Gasteiger partial charge in [0.15, 0.2) is 0 Å². The van der Waals surface area contributed by atoms with Gasteiger partial charge in [-0.2, -0.15) is 0 Å². The smallest absolute Gasteiger partial charge is 0.267 e. The number of nitrogens with zero attached hydrogens (tertiary/aromatic N) is 2. The van der Waals surface area contributed by atoms with Gasteiger partial charge in [-0.3, -0.25) is 29.0 Å². The Bertz CT molecular complexity index is 1410. The summed E-state index contributed by atoms with van der Waals surface area (Å²) < 4.78 is 0.820. The molecular weight excluding hydrogens is 657 g/mol. The van der Waals surface area contributed by atoms with Gasteiger partial charge in [-0.1, -0.05) is 54.4 Å². The van der Waals surface area contributed by atoms with Gasteiger partial charge in [-0.25, -0.2) is 0 Å². The van der Waals surface area contributed by atoms with E-state index < -0.39 is 0 Å². The molecule has 0 radical (unpaired) electrons. The molecule has 0 aromatic heterocycles. The van der Waals surface area contributed by atoms with Crippen LogP contribution in [0.3, 0.4) is 0 Å². The Morgan fingerprint density at radius 2 is 1.33 bits per heavy atom. The highest BCUT2D eigenvalue weighted by atomic mass is 32.2. The van der Waals surface area contributed by atoms with E-state index in [0.717, 1.165) is 84.7 Å². The van der Waals surface area contributed by atoms with Crippen molar-refractivity contribution in [3.8, 4) is 0 Å². The molecule has 46 heavy (non-hydrogen) atoms. The van der Waals surface area contributed by atoms with Crippen molar-refractivity contribution in [3.05, 3.63) is 9.81 Å². The van der Waals surface area contributed by atoms with Gasteiger partial charge in [-0.05, 0) is 118 Å². The first-order valence-electron chi connectivity index (χ1n) is 17.6. The molecule has 2 N–H and O–H groups in total. The van der Waals surface area contributed by atoms with E-state index in [1.165, 1.54) is 54.7 Å². The van der Waals surface area contributed by atoms with Crippen LogP contribution in [-0.2, 0) is 19.2 Å². The van der Waals surface area contributed by atoms with Crippen LogP contribution in [0.15, 0.2) is 9.81 Å². The van der Waals surface area contributed by atoms with Crippen LogP contribution in [0.4, 0.5) is 0 Å². The highest BCUT2D eigenvalue weighted by Crippen LogP contribution is 2.57. The standard InChI is InChI=1S/C34H44N4O4S4/c39-26(35-25-14-20-9-19-11-22(12-20)24(25)13-19)3-1-7-37-30(41)28(45-32(37)43)29-31(42)38(33(44)46-29)8-2-4-27(40)36-34-15-18-5-6-21(16-34)23(10-18)17-34/h18-25H,1-17H2,(H,35,39)(H,36,40)/b29-28+. The second-order valence-electron chi connectivity index (χ2n) is 15.7. The number of rotatable bonds is 10. The lowest BCUT2D eigenvalue weighted by Crippen LogP contribution is -2.49. The molecule has 0 aromatic rings. The molecule has 6 saturated carbocycles. The van der Waals surface area contributed by atoms with Crippen LogP contribution in [0.25, 0.3) is 0 Å². The summed E-state index contributed by atoms with van der Waals surface area (Å²) in [4.78, 5) is 56.4. The lowest BCUT2D eigenvalue weighted by Gasteiger charge is -2.40. The zero-order valence-corrected chi connectivity index (χ0v) is 29.6. The molecule has 8 aliphatic rings. The minimum absolute atomic E-state index is 0.0130. The van der Waals surface area contributed by atoms with Gasteiger partial charge in [0.1, 0.15) is 8.64 Å². The lowest BCUT2D eigenvalue weighted by molar-refractivity contribution is -0.125. The van der Waals surface area contributed by atoms with Gasteiger partial charge in [0.25, 0.3) is 11.8 Å². The zero-order valence-electron chi connectivity index (χ0n) is 26.3. The first-order chi connectivity index (χ1) is 22.1. The van der Waals surface area contributed by atoms with Crippen molar-refractivity contribution in [1.29, 1.82) is 0 Å². The molecule has 0 aromatic carbocycles. The molecule has 0 spiro atoms. The van der Waals surface area contributed by atoms with E-state index >= 15 is 0 Å². The summed E-state index contributed by atoms with van der Waals surface area (Å²) in [5.74, 6) is 4.95. The number of hydrogen-bond donors (Lipinski definition) is 2. The van der Waals surface area contributed by atoms with Crippen molar-refractivity contribution < 1.29 is 19.2 Å². The molecule has 8 rings (SSSR count). The van der Waals surface area contributed by atoms with E-state index in [9.17, 15) is 19.2 Å². The minimum Gasteiger partial charge on any atom is -0.353 e. The van der Waals surface area contributed by atoms with E-state index in [4.69, 9.17) is 24.4 Å². The normalized spacial score (nSPS) is 40.5. The Labute approximate surface area is 290 Å². The summed E-state index contributed by atoms with van der Waals surface area (Å²) in [5, 5.41) is 6.75. The van der Waals surface area contributed by atoms with Crippen LogP contribution < -0.4 is 10.6 Å². The Balaban J connectivity index is 0.805. The average Bonchev–Trinajstić information content (AvgIpc) is 3.59. The number of amides is 4. The van der Waals surface area contributed by atoms with E-state index in [2.05, 4.69) is 10.6 Å². The number of thiocarbonyl (C=S) groups is 2. The lowest BCUT2D eigenvalue weighted by atomic mass is 9.70. The molecule has 4 amide bonds. The van der Waals surface area contributed by atoms with Crippen molar-refractivity contribution >= 4 is 80.2 Å². The number of thioether (sulfide) groups is 2. The first kappa shape index (κ1) is 31.7. The largest absolute Gasteiger partial charge is 0.353 e. The summed E-state index contributed by atoms with van der Waals surface area (Å²) in [6.07, 6.45) is 15.5. The van der Waals surface area contributed by atoms with Gasteiger partial charge in [0.05, 0.1) is 9.81 Å². The summed E-state index contributed by atoms with van der Waals surface area (Å²) in [7, 11) is 0. The molecule has 248 valence electrons. The molecule has 2 aliphatic heterocycles. The molecule has 6 bridgehead atoms. The monoisotopic (exact) mass is 700 g/mol. The number of hydrogen-bond acceptors (Lipinski definition) is 8. The third kappa shape index (κ3) is 5.89. The molecule has 12 heteroatoms. The fraction of sp³-hybridized carbons (Fsp3) is 0.765. The Hall–Kier alpha value is -1.50. The predicted molar refractivity (Wildman–Crippen MR) is 187 cm³/mol. The SMILES string of the molecule is O=C(CCCN1C(=O)/C(=C2\SC(=S)N(CCCC(=O)NC34CC5CCC(C3)C(C5)C4)C2=O)SC1=S)NC1CC2CC3CC(C2)C1C3. The second-order valence-corrected chi connectivity index (χ2v) is 19.0. The van der Waals surface area contributed by atoms with Crippen molar-refractivity contribution in [3.63, 3.8) is 0 Å². The highest BCUT2D eigenvalue weighted by Gasteiger charge is 2.53. The van der Waals surface area contributed by atoms with Gasteiger partial charge >= 0.3 is 0 Å². The molecule has 6 aliphatic carbocycles. The third-order valence-electron chi connectivity index (χ3n) is 12.7. The van der Waals surface area contributed by atoms with Crippen molar-refractivity contribution in [1.82, 2.24) is 20.4 Å². The molecular formula is C34H44N4O4S4. The molecule has 2 saturated heterocycles. The van der Waals surface area contributed by atoms with Crippen LogP contribution in [0.1, 0.15) is 96.3 Å². The predicted octanol–water partition coefficient (Wildman–Crippen LogP) is 5.50. The minimum atomic E-state index is -0.285. The first-order valence-corrected chi connectivity index (χ1v) is 20.0. The van der Waals surface area contributed by atoms with Gasteiger partial charge in [0, 0.05) is 37.5 Å².